The normalized spacial score (nSPS) is 19.9. The van der Waals surface area contributed by atoms with Crippen LogP contribution in [0.25, 0.3) is 20.7 Å². The Labute approximate surface area is 199 Å². The molecule has 1 N–H and O–H groups in total. The zero-order valence-electron chi connectivity index (χ0n) is 18.9. The van der Waals surface area contributed by atoms with Gasteiger partial charge in [-0.1, -0.05) is 6.92 Å². The second-order valence-electron chi connectivity index (χ2n) is 8.82. The molecule has 10 heteroatoms. The van der Waals surface area contributed by atoms with E-state index in [1.165, 1.54) is 22.3 Å². The minimum Gasteiger partial charge on any atom is -0.364 e. The third-order valence-electron chi connectivity index (χ3n) is 6.82. The summed E-state index contributed by atoms with van der Waals surface area (Å²) in [6.45, 7) is 5.47. The molecule has 2 bridgehead atoms. The summed E-state index contributed by atoms with van der Waals surface area (Å²) in [4.78, 5) is 30.9. The fourth-order valence-corrected chi connectivity index (χ4v) is 6.09. The van der Waals surface area contributed by atoms with Crippen LogP contribution < -0.4 is 15.8 Å². The lowest BCUT2D eigenvalue weighted by atomic mass is 10.2. The van der Waals surface area contributed by atoms with E-state index in [2.05, 4.69) is 43.1 Å². The second kappa shape index (κ2) is 8.14. The van der Waals surface area contributed by atoms with Crippen molar-refractivity contribution < 1.29 is 4.39 Å². The topological polar surface area (TPSA) is 79.2 Å². The van der Waals surface area contributed by atoms with Gasteiger partial charge in [0, 0.05) is 43.1 Å². The van der Waals surface area contributed by atoms with Crippen molar-refractivity contribution in [1.82, 2.24) is 24.4 Å². The summed E-state index contributed by atoms with van der Waals surface area (Å²) in [6, 6.07) is 8.67. The Balaban J connectivity index is 1.23. The minimum atomic E-state index is -0.539. The summed E-state index contributed by atoms with van der Waals surface area (Å²) in [7, 11) is 1.69. The van der Waals surface area contributed by atoms with Crippen LogP contribution in [0.1, 0.15) is 13.3 Å². The highest BCUT2D eigenvalue weighted by Gasteiger charge is 2.42. The Morgan fingerprint density at radius 3 is 2.79 bits per heavy atom. The maximum atomic E-state index is 14.6. The third kappa shape index (κ3) is 3.54. The Morgan fingerprint density at radius 2 is 2.06 bits per heavy atom. The zero-order valence-corrected chi connectivity index (χ0v) is 19.7. The van der Waals surface area contributed by atoms with Gasteiger partial charge in [0.15, 0.2) is 5.82 Å². The van der Waals surface area contributed by atoms with E-state index in [1.807, 2.05) is 18.3 Å². The molecule has 2 saturated heterocycles. The molecule has 34 heavy (non-hydrogen) atoms. The van der Waals surface area contributed by atoms with Crippen LogP contribution in [0.15, 0.2) is 47.7 Å². The molecule has 0 radical (unpaired) electrons. The standard InChI is InChI=1S/C24H24FN7OS/c1-3-31-12-16-8-15(31)13-32(16)14-4-5-21(26-10-14)28-24-27-11-18(25)22(29-24)20-9-17-19(34-20)6-7-30(2)23(17)33/h4-7,9-11,15-16H,3,8,12-13H2,1-2H3,(H,26,27,28,29). The molecule has 0 saturated carbocycles. The highest BCUT2D eigenvalue weighted by Crippen LogP contribution is 2.35. The summed E-state index contributed by atoms with van der Waals surface area (Å²) in [6.07, 6.45) is 5.92. The first-order chi connectivity index (χ1) is 16.5. The number of nitrogens with zero attached hydrogens (tertiary/aromatic N) is 6. The molecule has 0 aromatic carbocycles. The van der Waals surface area contributed by atoms with Crippen molar-refractivity contribution >= 4 is 38.9 Å². The van der Waals surface area contributed by atoms with Crippen LogP contribution in [0.5, 0.6) is 0 Å². The van der Waals surface area contributed by atoms with Crippen LogP contribution in [0, 0.1) is 5.82 Å². The van der Waals surface area contributed by atoms with Gasteiger partial charge in [0.1, 0.15) is 11.5 Å². The van der Waals surface area contributed by atoms with E-state index in [-0.39, 0.29) is 17.2 Å². The fourth-order valence-electron chi connectivity index (χ4n) is 5.05. The molecule has 6 heterocycles. The Kier molecular flexibility index (Phi) is 5.07. The molecular formula is C24H24FN7OS. The van der Waals surface area contributed by atoms with Gasteiger partial charge in [-0.25, -0.2) is 19.3 Å². The van der Waals surface area contributed by atoms with Crippen LogP contribution in [-0.4, -0.2) is 56.1 Å². The van der Waals surface area contributed by atoms with E-state index >= 15 is 0 Å². The number of likely N-dealkylation sites (tertiary alicyclic amines) is 1. The molecule has 0 amide bonds. The van der Waals surface area contributed by atoms with Crippen molar-refractivity contribution in [1.29, 1.82) is 0 Å². The number of rotatable bonds is 5. The molecule has 0 aliphatic carbocycles. The number of hydrogen-bond acceptors (Lipinski definition) is 8. The average Bonchev–Trinajstić information content (AvgIpc) is 3.57. The number of pyridine rings is 2. The largest absolute Gasteiger partial charge is 0.364 e. The number of anilines is 3. The maximum absolute atomic E-state index is 14.6. The van der Waals surface area contributed by atoms with Crippen molar-refractivity contribution in [3.05, 3.63) is 59.0 Å². The zero-order chi connectivity index (χ0) is 23.4. The van der Waals surface area contributed by atoms with Gasteiger partial charge in [0.25, 0.3) is 5.56 Å². The van der Waals surface area contributed by atoms with Gasteiger partial charge in [0.05, 0.1) is 28.3 Å². The van der Waals surface area contributed by atoms with Gasteiger partial charge < -0.3 is 14.8 Å². The number of halogens is 1. The number of nitrogens with one attached hydrogen (secondary N) is 1. The van der Waals surface area contributed by atoms with Crippen LogP contribution in [-0.2, 0) is 7.05 Å². The predicted molar refractivity (Wildman–Crippen MR) is 132 cm³/mol. The smallest absolute Gasteiger partial charge is 0.259 e. The van der Waals surface area contributed by atoms with E-state index in [0.29, 0.717) is 28.2 Å². The van der Waals surface area contributed by atoms with Gasteiger partial charge >= 0.3 is 0 Å². The number of thiophene rings is 1. The number of piperazine rings is 1. The minimum absolute atomic E-state index is 0.120. The van der Waals surface area contributed by atoms with Gasteiger partial charge in [0.2, 0.25) is 5.95 Å². The van der Waals surface area contributed by atoms with Gasteiger partial charge in [-0.05, 0) is 37.2 Å². The molecular weight excluding hydrogens is 453 g/mol. The first-order valence-corrected chi connectivity index (χ1v) is 12.2. The lowest BCUT2D eigenvalue weighted by Gasteiger charge is -2.34. The van der Waals surface area contributed by atoms with Crippen LogP contribution in [0.4, 0.5) is 21.8 Å². The molecule has 2 aliphatic rings. The predicted octanol–water partition coefficient (Wildman–Crippen LogP) is 3.62. The number of hydrogen-bond donors (Lipinski definition) is 1. The Hall–Kier alpha value is -3.37. The van der Waals surface area contributed by atoms with E-state index < -0.39 is 5.82 Å². The first kappa shape index (κ1) is 21.2. The van der Waals surface area contributed by atoms with E-state index in [9.17, 15) is 9.18 Å². The van der Waals surface area contributed by atoms with E-state index in [1.54, 1.807) is 19.3 Å². The number of aryl methyl sites for hydroxylation is 1. The second-order valence-corrected chi connectivity index (χ2v) is 9.90. The summed E-state index contributed by atoms with van der Waals surface area (Å²) in [5, 5.41) is 3.62. The maximum Gasteiger partial charge on any atom is 0.259 e. The molecule has 2 atom stereocenters. The Bertz CT molecular complexity index is 1430. The molecule has 2 aliphatic heterocycles. The molecule has 0 spiro atoms. The highest BCUT2D eigenvalue weighted by molar-refractivity contribution is 7.22. The molecule has 6 rings (SSSR count). The first-order valence-electron chi connectivity index (χ1n) is 11.4. The summed E-state index contributed by atoms with van der Waals surface area (Å²) >= 11 is 1.33. The molecule has 2 fully saturated rings. The summed E-state index contributed by atoms with van der Waals surface area (Å²) in [5.74, 6) is 0.300. The lowest BCUT2D eigenvalue weighted by Crippen LogP contribution is -2.46. The van der Waals surface area contributed by atoms with E-state index in [0.717, 1.165) is 36.2 Å². The molecule has 174 valence electrons. The quantitative estimate of drug-likeness (QED) is 0.470. The molecule has 8 nitrogen and oxygen atoms in total. The molecule has 4 aromatic rings. The fraction of sp³-hybridized carbons (Fsp3) is 0.333. The Morgan fingerprint density at radius 1 is 1.18 bits per heavy atom. The molecule has 4 aromatic heterocycles. The van der Waals surface area contributed by atoms with E-state index in [4.69, 9.17) is 0 Å². The van der Waals surface area contributed by atoms with Crippen molar-refractivity contribution in [2.45, 2.75) is 25.4 Å². The third-order valence-corrected chi connectivity index (χ3v) is 7.93. The number of likely N-dealkylation sites (N-methyl/N-ethyl adjacent to an activating group) is 1. The monoisotopic (exact) mass is 477 g/mol. The van der Waals surface area contributed by atoms with Crippen LogP contribution >= 0.6 is 11.3 Å². The molecule has 2 unspecified atom stereocenters. The lowest BCUT2D eigenvalue weighted by molar-refractivity contribution is 0.251. The van der Waals surface area contributed by atoms with Crippen molar-refractivity contribution in [2.24, 2.45) is 7.05 Å². The van der Waals surface area contributed by atoms with Crippen LogP contribution in [0.2, 0.25) is 0 Å². The highest BCUT2D eigenvalue weighted by atomic mass is 32.1. The van der Waals surface area contributed by atoms with Gasteiger partial charge in [-0.3, -0.25) is 9.69 Å². The summed E-state index contributed by atoms with van der Waals surface area (Å²) < 4.78 is 16.9. The summed E-state index contributed by atoms with van der Waals surface area (Å²) in [5.41, 5.74) is 1.15. The SMILES string of the molecule is CCN1CC2CC1CN2c1ccc(Nc2ncc(F)c(-c3cc4c(=O)n(C)ccc4s3)n2)nc1. The van der Waals surface area contributed by atoms with Gasteiger partial charge in [-0.2, -0.15) is 0 Å². The number of fused-ring (bicyclic) bond motifs is 3. The van der Waals surface area contributed by atoms with Crippen molar-refractivity contribution in [3.63, 3.8) is 0 Å². The number of aromatic nitrogens is 4. The van der Waals surface area contributed by atoms with Gasteiger partial charge in [-0.15, -0.1) is 11.3 Å². The average molecular weight is 478 g/mol. The van der Waals surface area contributed by atoms with Crippen molar-refractivity contribution in [2.75, 3.05) is 29.9 Å². The van der Waals surface area contributed by atoms with Crippen LogP contribution in [0.3, 0.4) is 0 Å². The van der Waals surface area contributed by atoms with Crippen molar-refractivity contribution in [3.8, 4) is 10.6 Å².